The molecule has 88 valence electrons. The van der Waals surface area contributed by atoms with Crippen molar-refractivity contribution in [3.05, 3.63) is 11.6 Å². The van der Waals surface area contributed by atoms with Crippen molar-refractivity contribution >= 4 is 11.6 Å². The first kappa shape index (κ1) is 12.8. The predicted octanol–water partition coefficient (Wildman–Crippen LogP) is 3.45. The van der Waals surface area contributed by atoms with E-state index in [1.165, 1.54) is 0 Å². The first-order valence-electron chi connectivity index (χ1n) is 5.03. The monoisotopic (exact) mass is 241 g/mol. The molecule has 0 bridgehead atoms. The van der Waals surface area contributed by atoms with Crippen LogP contribution in [0.25, 0.3) is 0 Å². The topological polar surface area (TPSA) is 12.0 Å². The van der Waals surface area contributed by atoms with Crippen molar-refractivity contribution in [1.29, 1.82) is 0 Å². The van der Waals surface area contributed by atoms with Gasteiger partial charge in [-0.05, 0) is 25.7 Å². The van der Waals surface area contributed by atoms with Gasteiger partial charge >= 0.3 is 6.18 Å². The van der Waals surface area contributed by atoms with E-state index >= 15 is 0 Å². The van der Waals surface area contributed by atoms with Gasteiger partial charge in [-0.25, -0.2) is 0 Å². The summed E-state index contributed by atoms with van der Waals surface area (Å²) in [5.74, 6) is -1.12. The van der Waals surface area contributed by atoms with Crippen molar-refractivity contribution < 1.29 is 13.2 Å². The van der Waals surface area contributed by atoms with Crippen LogP contribution in [0.15, 0.2) is 11.6 Å². The van der Waals surface area contributed by atoms with E-state index in [0.29, 0.717) is 24.4 Å². The average Bonchev–Trinajstić information content (AvgIpc) is 2.14. The maximum Gasteiger partial charge on any atom is 0.391 e. The SMILES string of the molecule is C=C(Cl)CNC1CCC(C(F)(F)F)CC1. The van der Waals surface area contributed by atoms with Gasteiger partial charge in [-0.3, -0.25) is 0 Å². The minimum atomic E-state index is -4.03. The van der Waals surface area contributed by atoms with Gasteiger partial charge in [0, 0.05) is 17.6 Å². The van der Waals surface area contributed by atoms with Gasteiger partial charge in [-0.1, -0.05) is 18.2 Å². The van der Waals surface area contributed by atoms with Crippen LogP contribution in [0.5, 0.6) is 0 Å². The second kappa shape index (κ2) is 5.21. The number of hydrogen-bond acceptors (Lipinski definition) is 1. The van der Waals surface area contributed by atoms with Crippen LogP contribution < -0.4 is 5.32 Å². The molecule has 0 atom stereocenters. The highest BCUT2D eigenvalue weighted by atomic mass is 35.5. The molecule has 1 aliphatic carbocycles. The van der Waals surface area contributed by atoms with E-state index in [1.54, 1.807) is 0 Å². The van der Waals surface area contributed by atoms with Gasteiger partial charge in [0.1, 0.15) is 0 Å². The van der Waals surface area contributed by atoms with Crippen LogP contribution in [0.1, 0.15) is 25.7 Å². The van der Waals surface area contributed by atoms with Crippen LogP contribution in [0.2, 0.25) is 0 Å². The number of hydrogen-bond donors (Lipinski definition) is 1. The zero-order valence-electron chi connectivity index (χ0n) is 8.41. The zero-order valence-corrected chi connectivity index (χ0v) is 9.17. The highest BCUT2D eigenvalue weighted by Gasteiger charge is 2.41. The first-order chi connectivity index (χ1) is 6.89. The van der Waals surface area contributed by atoms with E-state index in [2.05, 4.69) is 11.9 Å². The van der Waals surface area contributed by atoms with Crippen LogP contribution in [0.3, 0.4) is 0 Å². The summed E-state index contributed by atoms with van der Waals surface area (Å²) >= 11 is 5.56. The molecule has 0 unspecified atom stereocenters. The van der Waals surface area contributed by atoms with Crippen LogP contribution in [-0.4, -0.2) is 18.8 Å². The predicted molar refractivity (Wildman–Crippen MR) is 54.8 cm³/mol. The largest absolute Gasteiger partial charge is 0.391 e. The summed E-state index contributed by atoms with van der Waals surface area (Å²) in [7, 11) is 0. The van der Waals surface area contributed by atoms with Gasteiger partial charge in [0.25, 0.3) is 0 Å². The smallest absolute Gasteiger partial charge is 0.309 e. The Hall–Kier alpha value is -0.220. The number of alkyl halides is 3. The third-order valence-electron chi connectivity index (χ3n) is 2.77. The number of halogens is 4. The van der Waals surface area contributed by atoms with E-state index in [0.717, 1.165) is 0 Å². The molecule has 0 aliphatic heterocycles. The molecule has 1 fully saturated rings. The summed E-state index contributed by atoms with van der Waals surface area (Å²) in [6, 6.07) is 0.152. The Kier molecular flexibility index (Phi) is 4.46. The van der Waals surface area contributed by atoms with E-state index in [9.17, 15) is 13.2 Å². The van der Waals surface area contributed by atoms with Gasteiger partial charge in [0.15, 0.2) is 0 Å². The van der Waals surface area contributed by atoms with Gasteiger partial charge in [-0.15, -0.1) is 0 Å². The number of rotatable bonds is 3. The van der Waals surface area contributed by atoms with Crippen molar-refractivity contribution in [3.63, 3.8) is 0 Å². The lowest BCUT2D eigenvalue weighted by Crippen LogP contribution is -2.37. The molecule has 1 saturated carbocycles. The molecular formula is C10H15ClF3N. The second-order valence-electron chi connectivity index (χ2n) is 3.99. The molecule has 1 N–H and O–H groups in total. The molecule has 1 nitrogen and oxygen atoms in total. The lowest BCUT2D eigenvalue weighted by atomic mass is 9.85. The Morgan fingerprint density at radius 1 is 1.27 bits per heavy atom. The van der Waals surface area contributed by atoms with Gasteiger partial charge in [-0.2, -0.15) is 13.2 Å². The Bertz CT molecular complexity index is 219. The fourth-order valence-corrected chi connectivity index (χ4v) is 1.96. The molecule has 0 aromatic rings. The fraction of sp³-hybridized carbons (Fsp3) is 0.800. The highest BCUT2D eigenvalue weighted by molar-refractivity contribution is 6.29. The van der Waals surface area contributed by atoms with E-state index in [-0.39, 0.29) is 18.9 Å². The van der Waals surface area contributed by atoms with Crippen molar-refractivity contribution in [2.45, 2.75) is 37.9 Å². The van der Waals surface area contributed by atoms with Gasteiger partial charge in [0.05, 0.1) is 5.92 Å². The number of nitrogens with one attached hydrogen (secondary N) is 1. The molecule has 0 saturated heterocycles. The third kappa shape index (κ3) is 4.43. The molecule has 0 aromatic heterocycles. The van der Waals surface area contributed by atoms with Crippen LogP contribution in [-0.2, 0) is 0 Å². The lowest BCUT2D eigenvalue weighted by molar-refractivity contribution is -0.182. The standard InChI is InChI=1S/C10H15ClF3N/c1-7(11)6-15-9-4-2-8(3-5-9)10(12,13)14/h8-9,15H,1-6H2. The maximum atomic E-state index is 12.3. The minimum absolute atomic E-state index is 0.152. The normalized spacial score (nSPS) is 27.7. The zero-order chi connectivity index (χ0) is 11.5. The Morgan fingerprint density at radius 2 is 1.80 bits per heavy atom. The van der Waals surface area contributed by atoms with Crippen molar-refractivity contribution in [3.8, 4) is 0 Å². The molecule has 0 spiro atoms. The Balaban J connectivity index is 2.27. The van der Waals surface area contributed by atoms with Crippen molar-refractivity contribution in [2.24, 2.45) is 5.92 Å². The molecule has 0 radical (unpaired) electrons. The summed E-state index contributed by atoms with van der Waals surface area (Å²) in [4.78, 5) is 0. The average molecular weight is 242 g/mol. The molecule has 0 aromatic carbocycles. The van der Waals surface area contributed by atoms with Gasteiger partial charge < -0.3 is 5.32 Å². The molecular weight excluding hydrogens is 227 g/mol. The third-order valence-corrected chi connectivity index (χ3v) is 2.91. The van der Waals surface area contributed by atoms with Crippen LogP contribution in [0, 0.1) is 5.92 Å². The van der Waals surface area contributed by atoms with Crippen LogP contribution >= 0.6 is 11.6 Å². The molecule has 0 heterocycles. The van der Waals surface area contributed by atoms with Crippen molar-refractivity contribution in [1.82, 2.24) is 5.32 Å². The quantitative estimate of drug-likeness (QED) is 0.798. The van der Waals surface area contributed by atoms with Crippen molar-refractivity contribution in [2.75, 3.05) is 6.54 Å². The summed E-state index contributed by atoms with van der Waals surface area (Å²) in [6.45, 7) is 3.99. The molecule has 15 heavy (non-hydrogen) atoms. The van der Waals surface area contributed by atoms with E-state index in [4.69, 9.17) is 11.6 Å². The van der Waals surface area contributed by atoms with E-state index in [1.807, 2.05) is 0 Å². The summed E-state index contributed by atoms with van der Waals surface area (Å²) in [5.41, 5.74) is 0. The molecule has 1 aliphatic rings. The fourth-order valence-electron chi connectivity index (χ4n) is 1.88. The molecule has 5 heteroatoms. The summed E-state index contributed by atoms with van der Waals surface area (Å²) in [5, 5.41) is 3.59. The lowest BCUT2D eigenvalue weighted by Gasteiger charge is -2.30. The Morgan fingerprint density at radius 3 is 2.20 bits per heavy atom. The Labute approximate surface area is 92.7 Å². The maximum absolute atomic E-state index is 12.3. The molecule has 1 rings (SSSR count). The second-order valence-corrected chi connectivity index (χ2v) is 4.52. The molecule has 0 amide bonds. The minimum Gasteiger partial charge on any atom is -0.309 e. The summed E-state index contributed by atoms with van der Waals surface area (Å²) < 4.78 is 37.0. The van der Waals surface area contributed by atoms with E-state index < -0.39 is 12.1 Å². The van der Waals surface area contributed by atoms with Gasteiger partial charge in [0.2, 0.25) is 0 Å². The summed E-state index contributed by atoms with van der Waals surface area (Å²) in [6.07, 6.45) is -2.46. The first-order valence-corrected chi connectivity index (χ1v) is 5.40. The highest BCUT2D eigenvalue weighted by Crippen LogP contribution is 2.37. The van der Waals surface area contributed by atoms with Crippen LogP contribution in [0.4, 0.5) is 13.2 Å².